The monoisotopic (exact) mass is 223 g/mol. The second-order valence-electron chi connectivity index (χ2n) is 4.54. The number of aromatic nitrogens is 2. The van der Waals surface area contributed by atoms with E-state index in [1.807, 2.05) is 6.92 Å². The molecule has 0 aliphatic heterocycles. The van der Waals surface area contributed by atoms with Crippen LogP contribution >= 0.6 is 0 Å². The molecule has 1 aromatic rings. The Morgan fingerprint density at radius 1 is 1.38 bits per heavy atom. The Morgan fingerprint density at radius 3 is 2.69 bits per heavy atom. The number of anilines is 1. The van der Waals surface area contributed by atoms with E-state index in [0.717, 1.165) is 13.0 Å². The van der Waals surface area contributed by atoms with E-state index in [1.165, 1.54) is 19.2 Å². The zero-order chi connectivity index (χ0) is 11.6. The van der Waals surface area contributed by atoms with Gasteiger partial charge in [-0.25, -0.2) is 14.4 Å². The molecule has 0 radical (unpaired) electrons. The van der Waals surface area contributed by atoms with E-state index in [4.69, 9.17) is 0 Å². The Labute approximate surface area is 95.5 Å². The van der Waals surface area contributed by atoms with Crippen LogP contribution in [-0.4, -0.2) is 16.5 Å². The highest BCUT2D eigenvalue weighted by molar-refractivity contribution is 5.37. The molecule has 1 N–H and O–H groups in total. The third-order valence-electron chi connectivity index (χ3n) is 3.53. The van der Waals surface area contributed by atoms with Gasteiger partial charge in [0.05, 0.1) is 5.69 Å². The fourth-order valence-corrected chi connectivity index (χ4v) is 1.88. The fraction of sp³-hybridized carbons (Fsp3) is 0.667. The maximum Gasteiger partial charge on any atom is 0.186 e. The number of nitrogens with zero attached hydrogens (tertiary/aromatic N) is 2. The van der Waals surface area contributed by atoms with Crippen LogP contribution < -0.4 is 5.32 Å². The SMILES string of the molecule is CCc1ncnc(NCC2(CC)CC2)c1F. The third kappa shape index (κ3) is 2.15. The number of rotatable bonds is 5. The first kappa shape index (κ1) is 11.3. The van der Waals surface area contributed by atoms with E-state index in [2.05, 4.69) is 22.2 Å². The summed E-state index contributed by atoms with van der Waals surface area (Å²) in [5, 5.41) is 3.12. The Hall–Kier alpha value is -1.19. The van der Waals surface area contributed by atoms with Crippen LogP contribution in [0.25, 0.3) is 0 Å². The molecule has 1 aromatic heterocycles. The predicted octanol–water partition coefficient (Wildman–Crippen LogP) is 2.78. The molecule has 0 amide bonds. The lowest BCUT2D eigenvalue weighted by Gasteiger charge is -2.14. The van der Waals surface area contributed by atoms with Gasteiger partial charge in [0.2, 0.25) is 0 Å². The van der Waals surface area contributed by atoms with E-state index >= 15 is 0 Å². The molecule has 88 valence electrons. The van der Waals surface area contributed by atoms with Crippen molar-refractivity contribution in [3.63, 3.8) is 0 Å². The van der Waals surface area contributed by atoms with Gasteiger partial charge in [-0.2, -0.15) is 0 Å². The second kappa shape index (κ2) is 4.36. The van der Waals surface area contributed by atoms with Crippen molar-refractivity contribution in [2.45, 2.75) is 39.5 Å². The summed E-state index contributed by atoms with van der Waals surface area (Å²) in [6.07, 6.45) is 5.65. The minimum Gasteiger partial charge on any atom is -0.367 e. The number of hydrogen-bond acceptors (Lipinski definition) is 3. The van der Waals surface area contributed by atoms with Crippen LogP contribution in [0.5, 0.6) is 0 Å². The Morgan fingerprint density at radius 2 is 2.12 bits per heavy atom. The predicted molar refractivity (Wildman–Crippen MR) is 61.8 cm³/mol. The molecule has 0 aromatic carbocycles. The Balaban J connectivity index is 2.04. The van der Waals surface area contributed by atoms with E-state index in [0.29, 0.717) is 23.3 Å². The summed E-state index contributed by atoms with van der Waals surface area (Å²) in [5.74, 6) is 0.0588. The molecule has 2 rings (SSSR count). The lowest BCUT2D eigenvalue weighted by atomic mass is 10.0. The zero-order valence-corrected chi connectivity index (χ0v) is 9.89. The van der Waals surface area contributed by atoms with E-state index in [9.17, 15) is 4.39 Å². The molecule has 0 bridgehead atoms. The van der Waals surface area contributed by atoms with Crippen molar-refractivity contribution >= 4 is 5.82 Å². The molecule has 1 aliphatic rings. The normalized spacial score (nSPS) is 17.2. The lowest BCUT2D eigenvalue weighted by molar-refractivity contribution is 0.516. The first-order chi connectivity index (χ1) is 7.71. The van der Waals surface area contributed by atoms with E-state index < -0.39 is 0 Å². The van der Waals surface area contributed by atoms with Crippen molar-refractivity contribution < 1.29 is 4.39 Å². The van der Waals surface area contributed by atoms with Crippen LogP contribution in [-0.2, 0) is 6.42 Å². The summed E-state index contributed by atoms with van der Waals surface area (Å²) >= 11 is 0. The van der Waals surface area contributed by atoms with E-state index in [-0.39, 0.29) is 5.82 Å². The van der Waals surface area contributed by atoms with Crippen LogP contribution in [0, 0.1) is 11.2 Å². The molecule has 16 heavy (non-hydrogen) atoms. The third-order valence-corrected chi connectivity index (χ3v) is 3.53. The van der Waals surface area contributed by atoms with Gasteiger partial charge in [0.25, 0.3) is 0 Å². The fourth-order valence-electron chi connectivity index (χ4n) is 1.88. The summed E-state index contributed by atoms with van der Waals surface area (Å²) in [5.41, 5.74) is 0.878. The zero-order valence-electron chi connectivity index (χ0n) is 9.89. The van der Waals surface area contributed by atoms with Crippen molar-refractivity contribution in [3.8, 4) is 0 Å². The average Bonchev–Trinajstić information content (AvgIpc) is 3.08. The summed E-state index contributed by atoms with van der Waals surface area (Å²) in [6.45, 7) is 4.90. The maximum absolute atomic E-state index is 13.8. The van der Waals surface area contributed by atoms with Gasteiger partial charge in [-0.05, 0) is 31.1 Å². The molecule has 1 aliphatic carbocycles. The van der Waals surface area contributed by atoms with Crippen molar-refractivity contribution in [3.05, 3.63) is 17.8 Å². The summed E-state index contributed by atoms with van der Waals surface area (Å²) in [6, 6.07) is 0. The van der Waals surface area contributed by atoms with Crippen molar-refractivity contribution in [2.24, 2.45) is 5.41 Å². The minimum atomic E-state index is -0.295. The smallest absolute Gasteiger partial charge is 0.186 e. The molecule has 1 heterocycles. The molecule has 0 unspecified atom stereocenters. The van der Waals surface area contributed by atoms with E-state index in [1.54, 1.807) is 0 Å². The summed E-state index contributed by atoms with van der Waals surface area (Å²) in [4.78, 5) is 7.87. The van der Waals surface area contributed by atoms with Gasteiger partial charge in [0, 0.05) is 6.54 Å². The van der Waals surface area contributed by atoms with Gasteiger partial charge in [-0.1, -0.05) is 13.8 Å². The highest BCUT2D eigenvalue weighted by Gasteiger charge is 2.40. The average molecular weight is 223 g/mol. The molecular formula is C12H18FN3. The van der Waals surface area contributed by atoms with Crippen LogP contribution in [0.2, 0.25) is 0 Å². The van der Waals surface area contributed by atoms with Crippen molar-refractivity contribution in [1.29, 1.82) is 0 Å². The molecule has 0 atom stereocenters. The number of aryl methyl sites for hydroxylation is 1. The quantitative estimate of drug-likeness (QED) is 0.834. The van der Waals surface area contributed by atoms with Crippen molar-refractivity contribution in [2.75, 3.05) is 11.9 Å². The first-order valence-electron chi connectivity index (χ1n) is 5.94. The largest absolute Gasteiger partial charge is 0.367 e. The minimum absolute atomic E-state index is 0.295. The molecule has 1 saturated carbocycles. The molecule has 3 nitrogen and oxygen atoms in total. The standard InChI is InChI=1S/C12H18FN3/c1-3-9-10(13)11(16-8-15-9)14-7-12(4-2)5-6-12/h8H,3-7H2,1-2H3,(H,14,15,16). The van der Waals surface area contributed by atoms with Crippen LogP contribution in [0.3, 0.4) is 0 Å². The molecular weight excluding hydrogens is 205 g/mol. The maximum atomic E-state index is 13.8. The number of halogens is 1. The number of nitrogens with one attached hydrogen (secondary N) is 1. The highest BCUT2D eigenvalue weighted by atomic mass is 19.1. The molecule has 0 spiro atoms. The molecule has 0 saturated heterocycles. The van der Waals surface area contributed by atoms with Crippen LogP contribution in [0.4, 0.5) is 10.2 Å². The summed E-state index contributed by atoms with van der Waals surface area (Å²) < 4.78 is 13.8. The molecule has 1 fully saturated rings. The Kier molecular flexibility index (Phi) is 3.08. The van der Waals surface area contributed by atoms with Crippen LogP contribution in [0.1, 0.15) is 38.8 Å². The van der Waals surface area contributed by atoms with Gasteiger partial charge < -0.3 is 5.32 Å². The highest BCUT2D eigenvalue weighted by Crippen LogP contribution is 2.48. The first-order valence-corrected chi connectivity index (χ1v) is 5.94. The summed E-state index contributed by atoms with van der Waals surface area (Å²) in [7, 11) is 0. The second-order valence-corrected chi connectivity index (χ2v) is 4.54. The molecule has 4 heteroatoms. The lowest BCUT2D eigenvalue weighted by Crippen LogP contribution is -2.16. The van der Waals surface area contributed by atoms with Crippen molar-refractivity contribution in [1.82, 2.24) is 9.97 Å². The topological polar surface area (TPSA) is 37.8 Å². The number of hydrogen-bond donors (Lipinski definition) is 1. The van der Waals surface area contributed by atoms with Gasteiger partial charge in [0.15, 0.2) is 11.6 Å². The van der Waals surface area contributed by atoms with Gasteiger partial charge in [-0.15, -0.1) is 0 Å². The van der Waals surface area contributed by atoms with Gasteiger partial charge in [0.1, 0.15) is 6.33 Å². The van der Waals surface area contributed by atoms with Gasteiger partial charge >= 0.3 is 0 Å². The Bertz CT molecular complexity index is 375. The van der Waals surface area contributed by atoms with Gasteiger partial charge in [-0.3, -0.25) is 0 Å². The van der Waals surface area contributed by atoms with Crippen LogP contribution in [0.15, 0.2) is 6.33 Å².